The highest BCUT2D eigenvalue weighted by Gasteiger charge is 2.46. The van der Waals surface area contributed by atoms with Crippen LogP contribution in [0.3, 0.4) is 0 Å². The Morgan fingerprint density at radius 1 is 1.65 bits per heavy atom. The largest absolute Gasteiger partial charge is 0.468 e. The third-order valence-electron chi connectivity index (χ3n) is 2.89. The molecule has 1 fully saturated rings. The molecule has 17 heavy (non-hydrogen) atoms. The van der Waals surface area contributed by atoms with Gasteiger partial charge in [-0.2, -0.15) is 0 Å². The van der Waals surface area contributed by atoms with Crippen molar-refractivity contribution >= 4 is 5.97 Å². The van der Waals surface area contributed by atoms with Gasteiger partial charge in [0.25, 0.3) is 0 Å². The molecule has 0 atom stereocenters. The number of ether oxygens (including phenoxy) is 2. The summed E-state index contributed by atoms with van der Waals surface area (Å²) >= 11 is 0. The van der Waals surface area contributed by atoms with E-state index in [1.54, 1.807) is 12.4 Å². The van der Waals surface area contributed by atoms with E-state index in [-0.39, 0.29) is 5.97 Å². The van der Waals surface area contributed by atoms with Crippen LogP contribution in [-0.4, -0.2) is 37.8 Å². The number of carbonyl (C=O) groups is 1. The first-order chi connectivity index (χ1) is 8.27. The summed E-state index contributed by atoms with van der Waals surface area (Å²) in [6, 6.07) is 3.88. The third-order valence-corrected chi connectivity index (χ3v) is 2.89. The zero-order valence-electron chi connectivity index (χ0n) is 9.81. The van der Waals surface area contributed by atoms with E-state index in [9.17, 15) is 4.79 Å². The highest BCUT2D eigenvalue weighted by atomic mass is 16.5. The summed E-state index contributed by atoms with van der Waals surface area (Å²) in [4.78, 5) is 15.6. The molecule has 0 saturated carbocycles. The van der Waals surface area contributed by atoms with Gasteiger partial charge in [-0.05, 0) is 11.6 Å². The highest BCUT2D eigenvalue weighted by Crippen LogP contribution is 2.28. The molecule has 2 heterocycles. The van der Waals surface area contributed by atoms with Crippen molar-refractivity contribution in [3.63, 3.8) is 0 Å². The van der Waals surface area contributed by atoms with Crippen LogP contribution in [0.15, 0.2) is 24.5 Å². The molecule has 2 rings (SSSR count). The van der Waals surface area contributed by atoms with E-state index >= 15 is 0 Å². The molecule has 1 aromatic heterocycles. The topological polar surface area (TPSA) is 60.5 Å². The third kappa shape index (κ3) is 2.62. The molecule has 0 radical (unpaired) electrons. The minimum atomic E-state index is -0.503. The van der Waals surface area contributed by atoms with Gasteiger partial charge in [-0.15, -0.1) is 0 Å². The molecule has 5 nitrogen and oxygen atoms in total. The lowest BCUT2D eigenvalue weighted by molar-refractivity contribution is -0.182. The van der Waals surface area contributed by atoms with Crippen molar-refractivity contribution in [2.75, 3.05) is 26.9 Å². The number of hydrogen-bond acceptors (Lipinski definition) is 5. The molecule has 1 N–H and O–H groups in total. The van der Waals surface area contributed by atoms with Crippen molar-refractivity contribution in [3.8, 4) is 0 Å². The Kier molecular flexibility index (Phi) is 3.71. The molecule has 92 valence electrons. The van der Waals surface area contributed by atoms with Gasteiger partial charge in [0.05, 0.1) is 20.3 Å². The predicted octanol–water partition coefficient (Wildman–Crippen LogP) is 0.361. The molecule has 1 aromatic rings. The van der Waals surface area contributed by atoms with Gasteiger partial charge in [0.15, 0.2) is 0 Å². The fraction of sp³-hybridized carbons (Fsp3) is 0.500. The van der Waals surface area contributed by atoms with Gasteiger partial charge >= 0.3 is 5.97 Å². The van der Waals surface area contributed by atoms with Crippen LogP contribution in [0, 0.1) is 5.41 Å². The number of aromatic nitrogens is 1. The molecule has 0 bridgehead atoms. The maximum absolute atomic E-state index is 11.6. The number of pyridine rings is 1. The number of carbonyl (C=O) groups excluding carboxylic acids is 1. The van der Waals surface area contributed by atoms with Crippen LogP contribution in [0.25, 0.3) is 0 Å². The zero-order valence-corrected chi connectivity index (χ0v) is 9.81. The summed E-state index contributed by atoms with van der Waals surface area (Å²) in [6.45, 7) is 2.11. The Labute approximate surface area is 100 Å². The second kappa shape index (κ2) is 5.25. The van der Waals surface area contributed by atoms with Crippen LogP contribution in [0.5, 0.6) is 0 Å². The van der Waals surface area contributed by atoms with E-state index < -0.39 is 5.41 Å². The average molecular weight is 236 g/mol. The lowest BCUT2D eigenvalue weighted by atomic mass is 9.86. The molecular weight excluding hydrogens is 220 g/mol. The molecule has 1 aliphatic heterocycles. The molecule has 0 amide bonds. The Morgan fingerprint density at radius 2 is 2.47 bits per heavy atom. The fourth-order valence-corrected chi connectivity index (χ4v) is 1.81. The standard InChI is InChI=1S/C12H16N2O3/c1-16-11(15)12(8-17-9-12)7-14-6-10-3-2-4-13-5-10/h2-5,14H,6-9H2,1H3. The van der Waals surface area contributed by atoms with E-state index in [4.69, 9.17) is 9.47 Å². The zero-order chi connectivity index (χ0) is 12.1. The Balaban J connectivity index is 1.83. The second-order valence-electron chi connectivity index (χ2n) is 4.23. The molecule has 0 aliphatic carbocycles. The molecule has 1 saturated heterocycles. The van der Waals surface area contributed by atoms with Crippen LogP contribution in [0.1, 0.15) is 5.56 Å². The normalized spacial score (nSPS) is 17.2. The van der Waals surface area contributed by atoms with E-state index in [0.29, 0.717) is 26.3 Å². The predicted molar refractivity (Wildman–Crippen MR) is 61.2 cm³/mol. The minimum Gasteiger partial charge on any atom is -0.468 e. The Morgan fingerprint density at radius 3 is 3.00 bits per heavy atom. The quantitative estimate of drug-likeness (QED) is 0.748. The van der Waals surface area contributed by atoms with Gasteiger partial charge < -0.3 is 14.8 Å². The highest BCUT2D eigenvalue weighted by molar-refractivity contribution is 5.78. The smallest absolute Gasteiger partial charge is 0.317 e. The minimum absolute atomic E-state index is 0.206. The van der Waals surface area contributed by atoms with Crippen LogP contribution >= 0.6 is 0 Å². The SMILES string of the molecule is COC(=O)C1(CNCc2cccnc2)COC1. The van der Waals surface area contributed by atoms with Gasteiger partial charge in [0.1, 0.15) is 5.41 Å². The van der Waals surface area contributed by atoms with Gasteiger partial charge in [-0.3, -0.25) is 9.78 Å². The van der Waals surface area contributed by atoms with E-state index in [1.807, 2.05) is 12.1 Å². The number of nitrogens with one attached hydrogen (secondary N) is 1. The van der Waals surface area contributed by atoms with Crippen molar-refractivity contribution < 1.29 is 14.3 Å². The first-order valence-corrected chi connectivity index (χ1v) is 5.53. The van der Waals surface area contributed by atoms with Gasteiger partial charge in [-0.25, -0.2) is 0 Å². The first-order valence-electron chi connectivity index (χ1n) is 5.53. The van der Waals surface area contributed by atoms with Crippen molar-refractivity contribution in [1.29, 1.82) is 0 Å². The number of rotatable bonds is 5. The maximum Gasteiger partial charge on any atom is 0.317 e. The maximum atomic E-state index is 11.6. The van der Waals surface area contributed by atoms with Crippen molar-refractivity contribution in [3.05, 3.63) is 30.1 Å². The second-order valence-corrected chi connectivity index (χ2v) is 4.23. The number of methoxy groups -OCH3 is 1. The van der Waals surface area contributed by atoms with Crippen molar-refractivity contribution in [1.82, 2.24) is 10.3 Å². The van der Waals surface area contributed by atoms with Gasteiger partial charge in [-0.1, -0.05) is 6.07 Å². The lowest BCUT2D eigenvalue weighted by Gasteiger charge is -2.38. The Hall–Kier alpha value is -1.46. The van der Waals surface area contributed by atoms with E-state index in [1.165, 1.54) is 7.11 Å². The van der Waals surface area contributed by atoms with Gasteiger partial charge in [0, 0.05) is 25.5 Å². The van der Waals surface area contributed by atoms with Crippen LogP contribution in [-0.2, 0) is 20.8 Å². The molecular formula is C12H16N2O3. The number of hydrogen-bond donors (Lipinski definition) is 1. The number of esters is 1. The Bertz CT molecular complexity index is 377. The summed E-state index contributed by atoms with van der Waals surface area (Å²) < 4.78 is 9.90. The monoisotopic (exact) mass is 236 g/mol. The number of nitrogens with zero attached hydrogens (tertiary/aromatic N) is 1. The molecule has 0 spiro atoms. The summed E-state index contributed by atoms with van der Waals surface area (Å²) in [6.07, 6.45) is 3.54. The van der Waals surface area contributed by atoms with Gasteiger partial charge in [0.2, 0.25) is 0 Å². The summed E-state index contributed by atoms with van der Waals surface area (Å²) in [7, 11) is 1.41. The lowest BCUT2D eigenvalue weighted by Crippen LogP contribution is -2.55. The van der Waals surface area contributed by atoms with E-state index in [0.717, 1.165) is 5.56 Å². The first kappa shape index (κ1) is 12.0. The average Bonchev–Trinajstić information content (AvgIpc) is 2.33. The summed E-state index contributed by atoms with van der Waals surface area (Å²) in [5.74, 6) is -0.206. The van der Waals surface area contributed by atoms with E-state index in [2.05, 4.69) is 10.3 Å². The summed E-state index contributed by atoms with van der Waals surface area (Å²) in [5.41, 5.74) is 0.587. The summed E-state index contributed by atoms with van der Waals surface area (Å²) in [5, 5.41) is 3.24. The molecule has 5 heteroatoms. The van der Waals surface area contributed by atoms with Crippen molar-refractivity contribution in [2.45, 2.75) is 6.54 Å². The molecule has 1 aliphatic rings. The molecule has 0 unspecified atom stereocenters. The van der Waals surface area contributed by atoms with Crippen LogP contribution in [0.2, 0.25) is 0 Å². The van der Waals surface area contributed by atoms with Crippen molar-refractivity contribution in [2.24, 2.45) is 5.41 Å². The van der Waals surface area contributed by atoms with Crippen LogP contribution in [0.4, 0.5) is 0 Å². The molecule has 0 aromatic carbocycles. The van der Waals surface area contributed by atoms with Crippen LogP contribution < -0.4 is 5.32 Å². The fourth-order valence-electron chi connectivity index (χ4n) is 1.81.